The maximum atomic E-state index is 13.8. The molecule has 3 aromatic rings. The van der Waals surface area contributed by atoms with Crippen molar-refractivity contribution in [2.45, 2.75) is 26.3 Å². The molecule has 1 heterocycles. The fourth-order valence-corrected chi connectivity index (χ4v) is 2.96. The van der Waals surface area contributed by atoms with Crippen molar-refractivity contribution in [3.63, 3.8) is 0 Å². The van der Waals surface area contributed by atoms with E-state index in [9.17, 15) is 13.6 Å². The Morgan fingerprint density at radius 2 is 1.78 bits per heavy atom. The molecule has 4 heteroatoms. The van der Waals surface area contributed by atoms with E-state index in [0.29, 0.717) is 30.3 Å². The Morgan fingerprint density at radius 1 is 1.00 bits per heavy atom. The third-order valence-electron chi connectivity index (χ3n) is 4.10. The summed E-state index contributed by atoms with van der Waals surface area (Å²) in [5, 5.41) is 0.676. The Balaban J connectivity index is 2.00. The molecule has 0 unspecified atom stereocenters. The molecule has 1 aromatic heterocycles. The summed E-state index contributed by atoms with van der Waals surface area (Å²) >= 11 is 0. The van der Waals surface area contributed by atoms with E-state index in [1.54, 1.807) is 18.2 Å². The lowest BCUT2D eigenvalue weighted by molar-refractivity contribution is 0.498. The van der Waals surface area contributed by atoms with E-state index < -0.39 is 11.6 Å². The molecule has 0 saturated heterocycles. The van der Waals surface area contributed by atoms with Gasteiger partial charge in [0.1, 0.15) is 0 Å². The van der Waals surface area contributed by atoms with Crippen molar-refractivity contribution >= 4 is 10.9 Å². The molecule has 0 fully saturated rings. The summed E-state index contributed by atoms with van der Waals surface area (Å²) in [5.74, 6) is -1.65. The van der Waals surface area contributed by atoms with Gasteiger partial charge in [0.2, 0.25) is 0 Å². The van der Waals surface area contributed by atoms with Crippen LogP contribution in [0.1, 0.15) is 18.2 Å². The van der Waals surface area contributed by atoms with Crippen LogP contribution in [-0.2, 0) is 19.4 Å². The molecule has 0 atom stereocenters. The third kappa shape index (κ3) is 2.89. The number of pyridine rings is 1. The normalized spacial score (nSPS) is 11.1. The smallest absolute Gasteiger partial charge is 0.189 e. The van der Waals surface area contributed by atoms with Crippen LogP contribution in [0.4, 0.5) is 8.78 Å². The molecule has 0 bridgehead atoms. The number of aryl methyl sites for hydroxylation is 3. The molecular weight excluding hydrogens is 296 g/mol. The van der Waals surface area contributed by atoms with Crippen molar-refractivity contribution in [2.24, 2.45) is 0 Å². The molecule has 0 N–H and O–H groups in total. The Kier molecular flexibility index (Phi) is 4.24. The van der Waals surface area contributed by atoms with Gasteiger partial charge in [-0.2, -0.15) is 0 Å². The van der Waals surface area contributed by atoms with E-state index in [-0.39, 0.29) is 5.43 Å². The fraction of sp³-hybridized carbons (Fsp3) is 0.211. The first-order chi connectivity index (χ1) is 11.1. The van der Waals surface area contributed by atoms with Crippen LogP contribution in [0.25, 0.3) is 10.9 Å². The van der Waals surface area contributed by atoms with E-state index in [0.717, 1.165) is 17.3 Å². The highest BCUT2D eigenvalue weighted by atomic mass is 19.2. The molecule has 0 aliphatic carbocycles. The SMILES string of the molecule is CCn1c(CCc2cccc(F)c2F)cc(=O)c2ccccc21. The predicted octanol–water partition coefficient (Wildman–Crippen LogP) is 4.08. The second-order valence-corrected chi connectivity index (χ2v) is 5.47. The molecule has 0 saturated carbocycles. The highest BCUT2D eigenvalue weighted by molar-refractivity contribution is 5.79. The van der Waals surface area contributed by atoms with Crippen LogP contribution in [-0.4, -0.2) is 4.57 Å². The van der Waals surface area contributed by atoms with Gasteiger partial charge in [0.25, 0.3) is 0 Å². The van der Waals surface area contributed by atoms with Gasteiger partial charge in [0.05, 0.1) is 5.52 Å². The summed E-state index contributed by atoms with van der Waals surface area (Å²) in [4.78, 5) is 12.3. The predicted molar refractivity (Wildman–Crippen MR) is 87.6 cm³/mol. The molecule has 2 aromatic carbocycles. The Morgan fingerprint density at radius 3 is 2.57 bits per heavy atom. The third-order valence-corrected chi connectivity index (χ3v) is 4.10. The van der Waals surface area contributed by atoms with Crippen LogP contribution in [0.15, 0.2) is 53.3 Å². The van der Waals surface area contributed by atoms with Crippen molar-refractivity contribution in [1.82, 2.24) is 4.57 Å². The first kappa shape index (κ1) is 15.4. The standard InChI is InChI=1S/C19H17F2NO/c1-2-22-14(11-10-13-6-5-8-16(20)19(13)21)12-18(23)15-7-3-4-9-17(15)22/h3-9,12H,2,10-11H2,1H3. The quantitative estimate of drug-likeness (QED) is 0.711. The Hall–Kier alpha value is -2.49. The van der Waals surface area contributed by atoms with Gasteiger partial charge in [-0.15, -0.1) is 0 Å². The Bertz CT molecular complexity index is 915. The zero-order chi connectivity index (χ0) is 16.4. The van der Waals surface area contributed by atoms with Gasteiger partial charge in [0.15, 0.2) is 17.1 Å². The first-order valence-electron chi connectivity index (χ1n) is 7.66. The van der Waals surface area contributed by atoms with Crippen molar-refractivity contribution in [1.29, 1.82) is 0 Å². The van der Waals surface area contributed by atoms with Crippen molar-refractivity contribution < 1.29 is 8.78 Å². The second kappa shape index (κ2) is 6.32. The van der Waals surface area contributed by atoms with E-state index in [1.807, 2.05) is 29.7 Å². The molecule has 3 rings (SSSR count). The van der Waals surface area contributed by atoms with E-state index >= 15 is 0 Å². The summed E-state index contributed by atoms with van der Waals surface area (Å²) in [5.41, 5.74) is 1.99. The van der Waals surface area contributed by atoms with Gasteiger partial charge in [-0.3, -0.25) is 4.79 Å². The zero-order valence-corrected chi connectivity index (χ0v) is 12.9. The Labute approximate surface area is 133 Å². The van der Waals surface area contributed by atoms with Crippen LogP contribution < -0.4 is 5.43 Å². The highest BCUT2D eigenvalue weighted by Crippen LogP contribution is 2.17. The van der Waals surface area contributed by atoms with Crippen LogP contribution in [0, 0.1) is 11.6 Å². The monoisotopic (exact) mass is 313 g/mol. The molecule has 0 radical (unpaired) electrons. The topological polar surface area (TPSA) is 22.0 Å². The summed E-state index contributed by atoms with van der Waals surface area (Å²) < 4.78 is 29.1. The molecule has 2 nitrogen and oxygen atoms in total. The minimum Gasteiger partial charge on any atom is -0.345 e. The first-order valence-corrected chi connectivity index (χ1v) is 7.66. The maximum Gasteiger partial charge on any atom is 0.189 e. The lowest BCUT2D eigenvalue weighted by Crippen LogP contribution is -2.14. The van der Waals surface area contributed by atoms with Gasteiger partial charge in [-0.25, -0.2) is 8.78 Å². The molecule has 0 aliphatic rings. The van der Waals surface area contributed by atoms with Crippen molar-refractivity contribution in [2.75, 3.05) is 0 Å². The largest absolute Gasteiger partial charge is 0.345 e. The van der Waals surface area contributed by atoms with Crippen molar-refractivity contribution in [3.8, 4) is 0 Å². The van der Waals surface area contributed by atoms with E-state index in [4.69, 9.17) is 0 Å². The molecule has 0 amide bonds. The van der Waals surface area contributed by atoms with Crippen molar-refractivity contribution in [3.05, 3.63) is 81.6 Å². The molecule has 0 aliphatic heterocycles. The van der Waals surface area contributed by atoms with E-state index in [2.05, 4.69) is 0 Å². The lowest BCUT2D eigenvalue weighted by atomic mass is 10.1. The molecular formula is C19H17F2NO. The van der Waals surface area contributed by atoms with Crippen LogP contribution in [0.5, 0.6) is 0 Å². The summed E-state index contributed by atoms with van der Waals surface area (Å²) in [6.07, 6.45) is 0.829. The number of fused-ring (bicyclic) bond motifs is 1. The minimum absolute atomic E-state index is 0.0417. The number of aromatic nitrogens is 1. The van der Waals surface area contributed by atoms with Gasteiger partial charge in [-0.05, 0) is 43.5 Å². The molecule has 23 heavy (non-hydrogen) atoms. The molecule has 118 valence electrons. The minimum atomic E-state index is -0.839. The van der Waals surface area contributed by atoms with Crippen LogP contribution in [0.3, 0.4) is 0 Å². The number of hydrogen-bond acceptors (Lipinski definition) is 1. The summed E-state index contributed by atoms with van der Waals surface area (Å²) in [6, 6.07) is 13.2. The number of rotatable bonds is 4. The van der Waals surface area contributed by atoms with Gasteiger partial charge in [0, 0.05) is 23.7 Å². The van der Waals surface area contributed by atoms with Gasteiger partial charge in [-0.1, -0.05) is 24.3 Å². The zero-order valence-electron chi connectivity index (χ0n) is 12.9. The van der Waals surface area contributed by atoms with Gasteiger partial charge < -0.3 is 4.57 Å². The van der Waals surface area contributed by atoms with Crippen LogP contribution in [0.2, 0.25) is 0 Å². The van der Waals surface area contributed by atoms with Gasteiger partial charge >= 0.3 is 0 Å². The number of hydrogen-bond donors (Lipinski definition) is 0. The molecule has 0 spiro atoms. The number of benzene rings is 2. The number of halogens is 2. The summed E-state index contributed by atoms with van der Waals surface area (Å²) in [6.45, 7) is 2.71. The average Bonchev–Trinajstić information content (AvgIpc) is 2.56. The van der Waals surface area contributed by atoms with Crippen LogP contribution >= 0.6 is 0 Å². The number of para-hydroxylation sites is 1. The summed E-state index contributed by atoms with van der Waals surface area (Å²) in [7, 11) is 0. The average molecular weight is 313 g/mol. The maximum absolute atomic E-state index is 13.8. The lowest BCUT2D eigenvalue weighted by Gasteiger charge is -2.15. The number of nitrogens with zero attached hydrogens (tertiary/aromatic N) is 1. The van der Waals surface area contributed by atoms with E-state index in [1.165, 1.54) is 6.07 Å². The highest BCUT2D eigenvalue weighted by Gasteiger charge is 2.11. The fourth-order valence-electron chi connectivity index (χ4n) is 2.96. The second-order valence-electron chi connectivity index (χ2n) is 5.47.